The number of carbonyl (C=O) groups is 2. The average molecular weight is 469 g/mol. The topological polar surface area (TPSA) is 76.3 Å². The first kappa shape index (κ1) is 22.7. The van der Waals surface area contributed by atoms with E-state index in [0.29, 0.717) is 30.8 Å². The highest BCUT2D eigenvalue weighted by molar-refractivity contribution is 6.07. The first-order chi connectivity index (χ1) is 17.0. The predicted molar refractivity (Wildman–Crippen MR) is 137 cm³/mol. The van der Waals surface area contributed by atoms with Crippen molar-refractivity contribution in [2.45, 2.75) is 19.8 Å². The van der Waals surface area contributed by atoms with Gasteiger partial charge in [-0.2, -0.15) is 0 Å². The van der Waals surface area contributed by atoms with Crippen LogP contribution in [-0.4, -0.2) is 39.2 Å². The van der Waals surface area contributed by atoms with E-state index in [4.69, 9.17) is 0 Å². The minimum Gasteiger partial charge on any atom is -0.338 e. The van der Waals surface area contributed by atoms with Crippen molar-refractivity contribution in [3.8, 4) is 5.69 Å². The van der Waals surface area contributed by atoms with Crippen molar-refractivity contribution in [2.75, 3.05) is 18.4 Å². The third-order valence-electron chi connectivity index (χ3n) is 6.90. The largest absolute Gasteiger partial charge is 0.338 e. The van der Waals surface area contributed by atoms with Gasteiger partial charge in [0, 0.05) is 25.7 Å². The average Bonchev–Trinajstić information content (AvgIpc) is 3.11. The number of anilines is 1. The van der Waals surface area contributed by atoms with Crippen LogP contribution in [0.2, 0.25) is 0 Å². The number of rotatable bonds is 4. The van der Waals surface area contributed by atoms with Gasteiger partial charge < -0.3 is 10.2 Å². The Morgan fingerprint density at radius 3 is 2.46 bits per heavy atom. The van der Waals surface area contributed by atoms with E-state index in [1.54, 1.807) is 21.3 Å². The van der Waals surface area contributed by atoms with Gasteiger partial charge in [-0.3, -0.25) is 19.1 Å². The number of benzene rings is 3. The molecule has 1 aromatic heterocycles. The number of hydrogen-bond acceptors (Lipinski definition) is 3. The molecule has 3 aromatic carbocycles. The van der Waals surface area contributed by atoms with Crippen LogP contribution < -0.4 is 10.9 Å². The fourth-order valence-electron chi connectivity index (χ4n) is 4.90. The van der Waals surface area contributed by atoms with Crippen LogP contribution in [0.3, 0.4) is 0 Å². The fraction of sp³-hybridized carbons (Fsp3) is 0.250. The Morgan fingerprint density at radius 1 is 0.943 bits per heavy atom. The highest BCUT2D eigenvalue weighted by atomic mass is 16.2. The van der Waals surface area contributed by atoms with Crippen molar-refractivity contribution in [3.63, 3.8) is 0 Å². The Bertz CT molecular complexity index is 1460. The number of likely N-dealkylation sites (tertiary alicyclic amines) is 1. The Morgan fingerprint density at radius 2 is 1.66 bits per heavy atom. The first-order valence-electron chi connectivity index (χ1n) is 11.9. The van der Waals surface area contributed by atoms with Crippen molar-refractivity contribution in [1.29, 1.82) is 0 Å². The molecular formula is C28H28N4O3. The number of aromatic nitrogens is 2. The van der Waals surface area contributed by atoms with Crippen LogP contribution >= 0.6 is 0 Å². The van der Waals surface area contributed by atoms with Crippen molar-refractivity contribution in [2.24, 2.45) is 13.0 Å². The molecule has 7 nitrogen and oxygen atoms in total. The lowest BCUT2D eigenvalue weighted by Gasteiger charge is -2.32. The molecule has 7 heteroatoms. The maximum Gasteiger partial charge on any atom is 0.295 e. The van der Waals surface area contributed by atoms with Crippen LogP contribution in [0.4, 0.5) is 5.69 Å². The Kier molecular flexibility index (Phi) is 5.99. The number of carbonyl (C=O) groups excluding carboxylic acids is 2. The number of nitrogens with one attached hydrogen (secondary N) is 1. The van der Waals surface area contributed by atoms with Gasteiger partial charge in [0.05, 0.1) is 17.3 Å². The molecule has 0 radical (unpaired) electrons. The van der Waals surface area contributed by atoms with E-state index in [1.807, 2.05) is 79.7 Å². The molecule has 1 atom stereocenters. The lowest BCUT2D eigenvalue weighted by atomic mass is 9.95. The lowest BCUT2D eigenvalue weighted by molar-refractivity contribution is -0.121. The van der Waals surface area contributed by atoms with E-state index in [2.05, 4.69) is 5.32 Å². The van der Waals surface area contributed by atoms with E-state index < -0.39 is 0 Å². The normalized spacial score (nSPS) is 15.8. The Balaban J connectivity index is 1.36. The van der Waals surface area contributed by atoms with Gasteiger partial charge in [0.15, 0.2) is 0 Å². The molecule has 0 saturated carbocycles. The van der Waals surface area contributed by atoms with Crippen LogP contribution in [-0.2, 0) is 11.8 Å². The standard InChI is InChI=1S/C28H28N4O3/c1-19-25(28(35)32(30(19)2)22-13-4-3-5-14-22)29-26(33)21-12-9-17-31(18-21)27(34)24-16-8-11-20-10-6-7-15-23(20)24/h3-8,10-11,13-16,21H,9,12,17-18H2,1-2H3,(H,29,33)/t21-/m0/s1. The van der Waals surface area contributed by atoms with Crippen LogP contribution in [0.5, 0.6) is 0 Å². The summed E-state index contributed by atoms with van der Waals surface area (Å²) in [6.07, 6.45) is 1.40. The van der Waals surface area contributed by atoms with E-state index >= 15 is 0 Å². The summed E-state index contributed by atoms with van der Waals surface area (Å²) in [5.41, 5.74) is 2.05. The number of para-hydroxylation sites is 1. The van der Waals surface area contributed by atoms with Gasteiger partial charge in [-0.1, -0.05) is 54.6 Å². The molecule has 2 amide bonds. The zero-order valence-corrected chi connectivity index (χ0v) is 19.9. The third-order valence-corrected chi connectivity index (χ3v) is 6.90. The predicted octanol–water partition coefficient (Wildman–Crippen LogP) is 4.13. The summed E-state index contributed by atoms with van der Waals surface area (Å²) in [6.45, 7) is 2.75. The zero-order chi connectivity index (χ0) is 24.5. The summed E-state index contributed by atoms with van der Waals surface area (Å²) >= 11 is 0. The third kappa shape index (κ3) is 4.14. The number of piperidine rings is 1. The van der Waals surface area contributed by atoms with E-state index in [0.717, 1.165) is 22.9 Å². The van der Waals surface area contributed by atoms with Gasteiger partial charge in [0.2, 0.25) is 5.91 Å². The Hall–Kier alpha value is -4.13. The maximum absolute atomic E-state index is 13.4. The Labute approximate surface area is 203 Å². The SMILES string of the molecule is Cc1c(NC(=O)[C@H]2CCCN(C(=O)c3cccc4ccccc34)C2)c(=O)n(-c2ccccc2)n1C. The summed E-state index contributed by atoms with van der Waals surface area (Å²) in [6, 6.07) is 22.9. The number of nitrogens with zero attached hydrogens (tertiary/aromatic N) is 3. The van der Waals surface area contributed by atoms with Crippen LogP contribution in [0.25, 0.3) is 16.5 Å². The molecule has 0 aliphatic carbocycles. The minimum absolute atomic E-state index is 0.0679. The molecule has 5 rings (SSSR count). The molecule has 178 valence electrons. The summed E-state index contributed by atoms with van der Waals surface area (Å²) in [5.74, 6) is -0.681. The number of hydrogen-bond donors (Lipinski definition) is 1. The molecule has 1 saturated heterocycles. The smallest absolute Gasteiger partial charge is 0.295 e. The van der Waals surface area contributed by atoms with Gasteiger partial charge in [-0.05, 0) is 48.7 Å². The van der Waals surface area contributed by atoms with Crippen LogP contribution in [0.15, 0.2) is 77.6 Å². The van der Waals surface area contributed by atoms with Gasteiger partial charge in [-0.15, -0.1) is 0 Å². The second kappa shape index (κ2) is 9.25. The summed E-state index contributed by atoms with van der Waals surface area (Å²) in [7, 11) is 1.80. The molecule has 4 aromatic rings. The first-order valence-corrected chi connectivity index (χ1v) is 11.9. The lowest BCUT2D eigenvalue weighted by Crippen LogP contribution is -2.44. The van der Waals surface area contributed by atoms with Crippen molar-refractivity contribution in [1.82, 2.24) is 14.3 Å². The van der Waals surface area contributed by atoms with Crippen molar-refractivity contribution in [3.05, 3.63) is 94.4 Å². The molecule has 1 N–H and O–H groups in total. The van der Waals surface area contributed by atoms with E-state index in [-0.39, 0.29) is 29.0 Å². The molecule has 1 aliphatic heterocycles. The second-order valence-electron chi connectivity index (χ2n) is 9.04. The quantitative estimate of drug-likeness (QED) is 0.489. The van der Waals surface area contributed by atoms with Crippen molar-refractivity contribution >= 4 is 28.3 Å². The van der Waals surface area contributed by atoms with Gasteiger partial charge in [-0.25, -0.2) is 4.68 Å². The molecule has 0 spiro atoms. The van der Waals surface area contributed by atoms with Crippen molar-refractivity contribution < 1.29 is 9.59 Å². The van der Waals surface area contributed by atoms with Gasteiger partial charge >= 0.3 is 0 Å². The summed E-state index contributed by atoms with van der Waals surface area (Å²) < 4.78 is 3.28. The molecule has 1 aliphatic rings. The monoisotopic (exact) mass is 468 g/mol. The van der Waals surface area contributed by atoms with Crippen LogP contribution in [0, 0.1) is 12.8 Å². The highest BCUT2D eigenvalue weighted by Gasteiger charge is 2.31. The number of fused-ring (bicyclic) bond motifs is 1. The van der Waals surface area contributed by atoms with E-state index in [9.17, 15) is 14.4 Å². The van der Waals surface area contributed by atoms with E-state index in [1.165, 1.54) is 0 Å². The number of amides is 2. The van der Waals surface area contributed by atoms with Gasteiger partial charge in [0.25, 0.3) is 11.5 Å². The second-order valence-corrected chi connectivity index (χ2v) is 9.04. The molecular weight excluding hydrogens is 440 g/mol. The molecule has 0 bridgehead atoms. The van der Waals surface area contributed by atoms with Gasteiger partial charge in [0.1, 0.15) is 5.69 Å². The zero-order valence-electron chi connectivity index (χ0n) is 19.9. The maximum atomic E-state index is 13.4. The molecule has 0 unspecified atom stereocenters. The fourth-order valence-corrected chi connectivity index (χ4v) is 4.90. The highest BCUT2D eigenvalue weighted by Crippen LogP contribution is 2.25. The summed E-state index contributed by atoms with van der Waals surface area (Å²) in [4.78, 5) is 41.6. The summed E-state index contributed by atoms with van der Waals surface area (Å²) in [5, 5.41) is 4.80. The molecule has 35 heavy (non-hydrogen) atoms. The van der Waals surface area contributed by atoms with Crippen LogP contribution in [0.1, 0.15) is 28.9 Å². The molecule has 2 heterocycles. The molecule has 1 fully saturated rings. The minimum atomic E-state index is -0.383.